The Morgan fingerprint density at radius 3 is 2.24 bits per heavy atom. The largest absolute Gasteiger partial charge is 0.330 e. The van der Waals surface area contributed by atoms with E-state index in [4.69, 9.17) is 5.73 Å². The number of hydrogen-bond acceptors (Lipinski definition) is 2. The van der Waals surface area contributed by atoms with Crippen molar-refractivity contribution < 1.29 is 4.79 Å². The van der Waals surface area contributed by atoms with Gasteiger partial charge in [-0.05, 0) is 29.5 Å². The molecule has 0 aromatic heterocycles. The van der Waals surface area contributed by atoms with E-state index in [0.717, 1.165) is 5.56 Å². The van der Waals surface area contributed by atoms with Crippen LogP contribution >= 0.6 is 0 Å². The Bertz CT molecular complexity index is 354. The first kappa shape index (κ1) is 13.9. The van der Waals surface area contributed by atoms with Crippen molar-refractivity contribution in [3.05, 3.63) is 35.4 Å². The molecule has 0 heterocycles. The molecule has 0 bridgehead atoms. The van der Waals surface area contributed by atoms with Gasteiger partial charge in [-0.3, -0.25) is 4.79 Å². The third kappa shape index (κ3) is 4.70. The quantitative estimate of drug-likeness (QED) is 0.821. The molecular formula is C15H23NO. The van der Waals surface area contributed by atoms with Gasteiger partial charge < -0.3 is 5.73 Å². The molecule has 1 unspecified atom stereocenters. The van der Waals surface area contributed by atoms with Crippen LogP contribution in [0, 0.1) is 5.92 Å². The summed E-state index contributed by atoms with van der Waals surface area (Å²) in [5.74, 6) is 1.11. The van der Waals surface area contributed by atoms with E-state index in [0.29, 0.717) is 25.3 Å². The first-order chi connectivity index (χ1) is 8.02. The van der Waals surface area contributed by atoms with Crippen LogP contribution in [0.1, 0.15) is 44.2 Å². The number of ketones is 1. The lowest BCUT2D eigenvalue weighted by Crippen LogP contribution is -2.16. The highest BCUT2D eigenvalue weighted by molar-refractivity contribution is 5.81. The zero-order valence-electron chi connectivity index (χ0n) is 11.1. The Morgan fingerprint density at radius 2 is 1.76 bits per heavy atom. The predicted molar refractivity (Wildman–Crippen MR) is 72.1 cm³/mol. The second kappa shape index (κ2) is 6.55. The van der Waals surface area contributed by atoms with Crippen molar-refractivity contribution in [2.75, 3.05) is 6.54 Å². The normalized spacial score (nSPS) is 12.8. The van der Waals surface area contributed by atoms with Crippen molar-refractivity contribution in [2.45, 2.75) is 39.5 Å². The fourth-order valence-electron chi connectivity index (χ4n) is 1.79. The van der Waals surface area contributed by atoms with Crippen LogP contribution in [0.4, 0.5) is 0 Å². The number of hydrogen-bond donors (Lipinski definition) is 1. The smallest absolute Gasteiger partial charge is 0.137 e. The van der Waals surface area contributed by atoms with E-state index < -0.39 is 0 Å². The third-order valence-corrected chi connectivity index (χ3v) is 3.03. The van der Waals surface area contributed by atoms with E-state index in [9.17, 15) is 4.79 Å². The van der Waals surface area contributed by atoms with E-state index in [1.165, 1.54) is 5.56 Å². The first-order valence-electron chi connectivity index (χ1n) is 6.33. The first-order valence-corrected chi connectivity index (χ1v) is 6.33. The van der Waals surface area contributed by atoms with E-state index in [2.05, 4.69) is 38.1 Å². The maximum atomic E-state index is 11.7. The van der Waals surface area contributed by atoms with Gasteiger partial charge in [0.15, 0.2) is 0 Å². The molecule has 2 N–H and O–H groups in total. The van der Waals surface area contributed by atoms with Gasteiger partial charge in [-0.1, -0.05) is 45.0 Å². The van der Waals surface area contributed by atoms with Gasteiger partial charge in [0.25, 0.3) is 0 Å². The zero-order chi connectivity index (χ0) is 12.8. The van der Waals surface area contributed by atoms with Crippen molar-refractivity contribution >= 4 is 5.78 Å². The maximum Gasteiger partial charge on any atom is 0.137 e. The number of rotatable bonds is 6. The molecule has 1 aromatic carbocycles. The van der Waals surface area contributed by atoms with Crippen LogP contribution in [-0.4, -0.2) is 12.3 Å². The number of carbonyl (C=O) groups is 1. The molecule has 0 aliphatic rings. The van der Waals surface area contributed by atoms with Crippen LogP contribution in [-0.2, 0) is 11.2 Å². The summed E-state index contributed by atoms with van der Waals surface area (Å²) in [5, 5.41) is 0. The minimum absolute atomic E-state index is 0.278. The SMILES string of the molecule is CC(CN)CC(=O)Cc1ccc(C(C)C)cc1. The molecule has 0 amide bonds. The Hall–Kier alpha value is -1.15. The molecular weight excluding hydrogens is 210 g/mol. The molecule has 0 saturated carbocycles. The average molecular weight is 233 g/mol. The number of carbonyl (C=O) groups excluding carboxylic acids is 1. The summed E-state index contributed by atoms with van der Waals surface area (Å²) >= 11 is 0. The van der Waals surface area contributed by atoms with Crippen LogP contribution in [0.3, 0.4) is 0 Å². The lowest BCUT2D eigenvalue weighted by molar-refractivity contribution is -0.119. The summed E-state index contributed by atoms with van der Waals surface area (Å²) in [7, 11) is 0. The van der Waals surface area contributed by atoms with Gasteiger partial charge in [0.2, 0.25) is 0 Å². The standard InChI is InChI=1S/C15H23NO/c1-11(2)14-6-4-13(5-7-14)9-15(17)8-12(3)10-16/h4-7,11-12H,8-10,16H2,1-3H3. The summed E-state index contributed by atoms with van der Waals surface area (Å²) in [6.45, 7) is 6.93. The van der Waals surface area contributed by atoms with Crippen molar-refractivity contribution in [3.8, 4) is 0 Å². The summed E-state index contributed by atoms with van der Waals surface area (Å²) in [6, 6.07) is 8.33. The monoisotopic (exact) mass is 233 g/mol. The molecule has 0 saturated heterocycles. The number of benzene rings is 1. The fourth-order valence-corrected chi connectivity index (χ4v) is 1.79. The predicted octanol–water partition coefficient (Wildman–Crippen LogP) is 2.91. The molecule has 0 fully saturated rings. The fraction of sp³-hybridized carbons (Fsp3) is 0.533. The summed E-state index contributed by atoms with van der Waals surface area (Å²) in [5.41, 5.74) is 7.93. The molecule has 1 atom stereocenters. The van der Waals surface area contributed by atoms with E-state index in [-0.39, 0.29) is 11.7 Å². The Labute approximate surface area is 104 Å². The second-order valence-electron chi connectivity index (χ2n) is 5.16. The van der Waals surface area contributed by atoms with Gasteiger partial charge in [0.05, 0.1) is 0 Å². The molecule has 2 nitrogen and oxygen atoms in total. The molecule has 1 aromatic rings. The Balaban J connectivity index is 2.54. The highest BCUT2D eigenvalue weighted by atomic mass is 16.1. The van der Waals surface area contributed by atoms with E-state index in [1.54, 1.807) is 0 Å². The van der Waals surface area contributed by atoms with Gasteiger partial charge in [0, 0.05) is 12.8 Å². The molecule has 17 heavy (non-hydrogen) atoms. The molecule has 94 valence electrons. The van der Waals surface area contributed by atoms with Crippen LogP contribution in [0.5, 0.6) is 0 Å². The van der Waals surface area contributed by atoms with Crippen LogP contribution < -0.4 is 5.73 Å². The molecule has 0 aliphatic carbocycles. The molecule has 0 aliphatic heterocycles. The van der Waals surface area contributed by atoms with Crippen LogP contribution in [0.15, 0.2) is 24.3 Å². The van der Waals surface area contributed by atoms with Crippen molar-refractivity contribution in [1.82, 2.24) is 0 Å². The second-order valence-corrected chi connectivity index (χ2v) is 5.16. The van der Waals surface area contributed by atoms with Gasteiger partial charge in [-0.2, -0.15) is 0 Å². The van der Waals surface area contributed by atoms with Crippen molar-refractivity contribution in [1.29, 1.82) is 0 Å². The van der Waals surface area contributed by atoms with E-state index in [1.807, 2.05) is 6.92 Å². The van der Waals surface area contributed by atoms with Crippen molar-refractivity contribution in [2.24, 2.45) is 11.7 Å². The Kier molecular flexibility index (Phi) is 5.36. The minimum Gasteiger partial charge on any atom is -0.330 e. The lowest BCUT2D eigenvalue weighted by atomic mass is 9.97. The summed E-state index contributed by atoms with van der Waals surface area (Å²) in [4.78, 5) is 11.7. The molecule has 2 heteroatoms. The Morgan fingerprint density at radius 1 is 1.18 bits per heavy atom. The highest BCUT2D eigenvalue weighted by Gasteiger charge is 2.08. The molecule has 1 rings (SSSR count). The molecule has 0 spiro atoms. The van der Waals surface area contributed by atoms with Crippen LogP contribution in [0.2, 0.25) is 0 Å². The van der Waals surface area contributed by atoms with Gasteiger partial charge in [0.1, 0.15) is 5.78 Å². The van der Waals surface area contributed by atoms with Gasteiger partial charge in [-0.25, -0.2) is 0 Å². The van der Waals surface area contributed by atoms with Gasteiger partial charge in [-0.15, -0.1) is 0 Å². The topological polar surface area (TPSA) is 43.1 Å². The molecule has 0 radical (unpaired) electrons. The summed E-state index contributed by atoms with van der Waals surface area (Å²) < 4.78 is 0. The summed E-state index contributed by atoms with van der Waals surface area (Å²) in [6.07, 6.45) is 1.12. The third-order valence-electron chi connectivity index (χ3n) is 3.03. The average Bonchev–Trinajstić information content (AvgIpc) is 2.29. The zero-order valence-corrected chi connectivity index (χ0v) is 11.1. The van der Waals surface area contributed by atoms with Crippen LogP contribution in [0.25, 0.3) is 0 Å². The van der Waals surface area contributed by atoms with Gasteiger partial charge >= 0.3 is 0 Å². The minimum atomic E-state index is 0.278. The number of nitrogens with two attached hydrogens (primary N) is 1. The lowest BCUT2D eigenvalue weighted by Gasteiger charge is -2.08. The number of Topliss-reactive ketones (excluding diaryl/α,β-unsaturated/α-hetero) is 1. The van der Waals surface area contributed by atoms with E-state index >= 15 is 0 Å². The maximum absolute atomic E-state index is 11.7. The van der Waals surface area contributed by atoms with Crippen molar-refractivity contribution in [3.63, 3.8) is 0 Å². The highest BCUT2D eigenvalue weighted by Crippen LogP contribution is 2.15.